The van der Waals surface area contributed by atoms with Crippen molar-refractivity contribution >= 4 is 17.0 Å². The Morgan fingerprint density at radius 3 is 2.65 bits per heavy atom. The molecule has 4 rings (SSSR count). The number of hydrogen-bond acceptors (Lipinski definition) is 4. The van der Waals surface area contributed by atoms with Crippen molar-refractivity contribution < 1.29 is 5.11 Å². The fourth-order valence-electron chi connectivity index (χ4n) is 2.87. The third-order valence-electron chi connectivity index (χ3n) is 4.17. The van der Waals surface area contributed by atoms with Crippen LogP contribution in [0.25, 0.3) is 10.8 Å². The van der Waals surface area contributed by atoms with Crippen LogP contribution >= 0.6 is 0 Å². The SMILES string of the molecule is O=c1[nH]nc(Cc2ccccc2)n1/N=C/c1c(O)ccc2ccccc12. The Kier molecular flexibility index (Phi) is 4.07. The Morgan fingerprint density at radius 2 is 1.81 bits per heavy atom. The first kappa shape index (κ1) is 15.8. The number of nitrogens with one attached hydrogen (secondary N) is 1. The van der Waals surface area contributed by atoms with E-state index in [1.54, 1.807) is 6.07 Å². The minimum Gasteiger partial charge on any atom is -0.507 e. The number of fused-ring (bicyclic) bond motifs is 1. The van der Waals surface area contributed by atoms with Crippen molar-refractivity contribution in [2.45, 2.75) is 6.42 Å². The van der Waals surface area contributed by atoms with Gasteiger partial charge in [0.15, 0.2) is 5.82 Å². The van der Waals surface area contributed by atoms with Gasteiger partial charge in [-0.2, -0.15) is 14.9 Å². The van der Waals surface area contributed by atoms with Gasteiger partial charge in [-0.25, -0.2) is 9.89 Å². The van der Waals surface area contributed by atoms with E-state index >= 15 is 0 Å². The number of rotatable bonds is 4. The Labute approximate surface area is 149 Å². The number of nitrogens with zero attached hydrogens (tertiary/aromatic N) is 3. The van der Waals surface area contributed by atoms with E-state index in [0.717, 1.165) is 16.3 Å². The van der Waals surface area contributed by atoms with Crippen LogP contribution in [0.3, 0.4) is 0 Å². The average molecular weight is 344 g/mol. The molecular formula is C20H16N4O2. The molecule has 0 saturated carbocycles. The quantitative estimate of drug-likeness (QED) is 0.558. The maximum atomic E-state index is 12.1. The molecule has 0 aliphatic rings. The summed E-state index contributed by atoms with van der Waals surface area (Å²) in [6.45, 7) is 0. The number of hydrogen-bond donors (Lipinski definition) is 2. The molecule has 3 aromatic carbocycles. The molecule has 0 fully saturated rings. The lowest BCUT2D eigenvalue weighted by Gasteiger charge is -2.05. The summed E-state index contributed by atoms with van der Waals surface area (Å²) < 4.78 is 1.22. The number of phenolic OH excluding ortho intramolecular Hbond substituents is 1. The summed E-state index contributed by atoms with van der Waals surface area (Å²) in [7, 11) is 0. The highest BCUT2D eigenvalue weighted by Crippen LogP contribution is 2.25. The van der Waals surface area contributed by atoms with Gasteiger partial charge in [-0.15, -0.1) is 0 Å². The zero-order valence-corrected chi connectivity index (χ0v) is 13.8. The Hall–Kier alpha value is -3.67. The molecule has 4 aromatic rings. The molecule has 0 saturated heterocycles. The van der Waals surface area contributed by atoms with E-state index in [1.807, 2.05) is 60.7 Å². The van der Waals surface area contributed by atoms with Gasteiger partial charge in [-0.05, 0) is 22.4 Å². The number of aromatic hydroxyl groups is 1. The van der Waals surface area contributed by atoms with Crippen LogP contribution in [0.15, 0.2) is 76.6 Å². The van der Waals surface area contributed by atoms with Crippen LogP contribution in [-0.4, -0.2) is 26.2 Å². The summed E-state index contributed by atoms with van der Waals surface area (Å²) in [6, 6.07) is 20.9. The first-order valence-corrected chi connectivity index (χ1v) is 8.17. The lowest BCUT2D eigenvalue weighted by molar-refractivity contribution is 0.475. The van der Waals surface area contributed by atoms with Gasteiger partial charge >= 0.3 is 5.69 Å². The number of H-pyrrole nitrogens is 1. The predicted octanol–water partition coefficient (Wildman–Crippen LogP) is 2.90. The summed E-state index contributed by atoms with van der Waals surface area (Å²) in [5.74, 6) is 0.603. The second-order valence-corrected chi connectivity index (χ2v) is 5.88. The van der Waals surface area contributed by atoms with E-state index in [2.05, 4.69) is 15.3 Å². The molecule has 0 spiro atoms. The molecule has 0 atom stereocenters. The van der Waals surface area contributed by atoms with E-state index in [9.17, 15) is 9.90 Å². The molecule has 0 bridgehead atoms. The molecule has 0 unspecified atom stereocenters. The minimum atomic E-state index is -0.424. The largest absolute Gasteiger partial charge is 0.507 e. The van der Waals surface area contributed by atoms with Crippen molar-refractivity contribution in [2.24, 2.45) is 5.10 Å². The molecule has 26 heavy (non-hydrogen) atoms. The fourth-order valence-corrected chi connectivity index (χ4v) is 2.87. The summed E-state index contributed by atoms with van der Waals surface area (Å²) in [4.78, 5) is 12.1. The van der Waals surface area contributed by atoms with E-state index in [0.29, 0.717) is 17.8 Å². The van der Waals surface area contributed by atoms with Crippen molar-refractivity contribution in [3.8, 4) is 5.75 Å². The smallest absolute Gasteiger partial charge is 0.364 e. The summed E-state index contributed by atoms with van der Waals surface area (Å²) in [5.41, 5.74) is 1.16. The lowest BCUT2D eigenvalue weighted by atomic mass is 10.0. The van der Waals surface area contributed by atoms with Crippen LogP contribution in [0.1, 0.15) is 17.0 Å². The number of aromatic nitrogens is 3. The fraction of sp³-hybridized carbons (Fsp3) is 0.0500. The van der Waals surface area contributed by atoms with Gasteiger partial charge in [0.05, 0.1) is 6.21 Å². The zero-order chi connectivity index (χ0) is 17.9. The highest BCUT2D eigenvalue weighted by atomic mass is 16.3. The maximum absolute atomic E-state index is 12.1. The molecule has 6 heteroatoms. The summed E-state index contributed by atoms with van der Waals surface area (Å²) in [5, 5.41) is 22.8. The van der Waals surface area contributed by atoms with Crippen LogP contribution in [0.4, 0.5) is 0 Å². The van der Waals surface area contributed by atoms with E-state index < -0.39 is 5.69 Å². The molecule has 1 heterocycles. The second kappa shape index (κ2) is 6.68. The van der Waals surface area contributed by atoms with Gasteiger partial charge in [0.2, 0.25) is 0 Å². The molecular weight excluding hydrogens is 328 g/mol. The number of benzene rings is 3. The zero-order valence-electron chi connectivity index (χ0n) is 13.8. The molecule has 128 valence electrons. The van der Waals surface area contributed by atoms with Crippen LogP contribution in [-0.2, 0) is 6.42 Å². The molecule has 0 amide bonds. The van der Waals surface area contributed by atoms with Crippen molar-refractivity contribution in [2.75, 3.05) is 0 Å². The van der Waals surface area contributed by atoms with Crippen LogP contribution < -0.4 is 5.69 Å². The highest BCUT2D eigenvalue weighted by Gasteiger charge is 2.09. The van der Waals surface area contributed by atoms with Crippen LogP contribution in [0, 0.1) is 0 Å². The third kappa shape index (κ3) is 3.00. The molecule has 1 aromatic heterocycles. The van der Waals surface area contributed by atoms with Gasteiger partial charge in [0.1, 0.15) is 5.75 Å². The molecule has 0 radical (unpaired) electrons. The van der Waals surface area contributed by atoms with Crippen molar-refractivity contribution in [1.29, 1.82) is 0 Å². The summed E-state index contributed by atoms with van der Waals surface area (Å²) in [6.07, 6.45) is 1.96. The van der Waals surface area contributed by atoms with Crippen molar-refractivity contribution in [1.82, 2.24) is 14.9 Å². The number of aromatic amines is 1. The standard InChI is InChI=1S/C20H16N4O2/c25-18-11-10-15-8-4-5-9-16(15)17(18)13-21-24-19(22-23-20(24)26)12-14-6-2-1-3-7-14/h1-11,13,25H,12H2,(H,23,26)/b21-13+. The van der Waals surface area contributed by atoms with Crippen molar-refractivity contribution in [3.63, 3.8) is 0 Å². The lowest BCUT2D eigenvalue weighted by Crippen LogP contribution is -2.15. The number of phenols is 1. The minimum absolute atomic E-state index is 0.105. The van der Waals surface area contributed by atoms with Gasteiger partial charge < -0.3 is 5.11 Å². The topological polar surface area (TPSA) is 83.3 Å². The molecule has 0 aliphatic carbocycles. The van der Waals surface area contributed by atoms with Crippen LogP contribution in [0.2, 0.25) is 0 Å². The van der Waals surface area contributed by atoms with E-state index in [4.69, 9.17) is 0 Å². The average Bonchev–Trinajstić information content (AvgIpc) is 3.01. The molecule has 2 N–H and O–H groups in total. The second-order valence-electron chi connectivity index (χ2n) is 5.88. The van der Waals surface area contributed by atoms with E-state index in [1.165, 1.54) is 10.9 Å². The maximum Gasteiger partial charge on any atom is 0.364 e. The highest BCUT2D eigenvalue weighted by molar-refractivity contribution is 6.02. The van der Waals surface area contributed by atoms with Gasteiger partial charge in [0, 0.05) is 12.0 Å². The van der Waals surface area contributed by atoms with E-state index in [-0.39, 0.29) is 5.75 Å². The molecule has 0 aliphatic heterocycles. The Balaban J connectivity index is 1.74. The van der Waals surface area contributed by atoms with Gasteiger partial charge in [-0.1, -0.05) is 60.7 Å². The third-order valence-corrected chi connectivity index (χ3v) is 4.17. The summed E-state index contributed by atoms with van der Waals surface area (Å²) >= 11 is 0. The van der Waals surface area contributed by atoms with Gasteiger partial charge in [0.25, 0.3) is 0 Å². The Bertz CT molecular complexity index is 1140. The van der Waals surface area contributed by atoms with Gasteiger partial charge in [-0.3, -0.25) is 0 Å². The monoisotopic (exact) mass is 344 g/mol. The predicted molar refractivity (Wildman–Crippen MR) is 101 cm³/mol. The first-order valence-electron chi connectivity index (χ1n) is 8.17. The molecule has 6 nitrogen and oxygen atoms in total. The van der Waals surface area contributed by atoms with Crippen LogP contribution in [0.5, 0.6) is 5.75 Å². The first-order chi connectivity index (χ1) is 12.7. The van der Waals surface area contributed by atoms with Crippen molar-refractivity contribution in [3.05, 3.63) is 94.2 Å². The normalized spacial score (nSPS) is 11.4. The Morgan fingerprint density at radius 1 is 1.04 bits per heavy atom.